The molecule has 1 aliphatic rings. The highest BCUT2D eigenvalue weighted by atomic mass is 16.2. The van der Waals surface area contributed by atoms with Crippen LogP contribution in [0.15, 0.2) is 48.5 Å². The molecule has 0 spiro atoms. The maximum absolute atomic E-state index is 12.9. The van der Waals surface area contributed by atoms with Crippen LogP contribution in [0, 0.1) is 12.3 Å². The third-order valence-electron chi connectivity index (χ3n) is 4.40. The van der Waals surface area contributed by atoms with Crippen molar-refractivity contribution in [3.8, 4) is 0 Å². The molecule has 24 heavy (non-hydrogen) atoms. The Kier molecular flexibility index (Phi) is 4.04. The molecule has 0 radical (unpaired) electrons. The normalized spacial score (nSPS) is 15.6. The van der Waals surface area contributed by atoms with Crippen LogP contribution in [0.2, 0.25) is 0 Å². The molecule has 0 fully saturated rings. The van der Waals surface area contributed by atoms with Gasteiger partial charge in [0.25, 0.3) is 11.8 Å². The van der Waals surface area contributed by atoms with Gasteiger partial charge in [-0.1, -0.05) is 62.7 Å². The molecule has 1 aliphatic heterocycles. The third kappa shape index (κ3) is 2.99. The van der Waals surface area contributed by atoms with Crippen molar-refractivity contribution >= 4 is 11.8 Å². The Labute approximate surface area is 143 Å². The largest absolute Gasteiger partial charge is 0.269 e. The van der Waals surface area contributed by atoms with Gasteiger partial charge >= 0.3 is 0 Å². The Hall–Kier alpha value is -2.42. The Morgan fingerprint density at radius 3 is 1.83 bits per heavy atom. The summed E-state index contributed by atoms with van der Waals surface area (Å²) in [5.74, 6) is -0.379. The molecular formula is C21H23NO2. The van der Waals surface area contributed by atoms with Crippen molar-refractivity contribution in [3.63, 3.8) is 0 Å². The van der Waals surface area contributed by atoms with Crippen LogP contribution in [-0.2, 0) is 0 Å². The minimum Gasteiger partial charge on any atom is -0.269 e. The van der Waals surface area contributed by atoms with E-state index in [4.69, 9.17) is 0 Å². The summed E-state index contributed by atoms with van der Waals surface area (Å²) >= 11 is 0. The second-order valence-electron chi connectivity index (χ2n) is 7.72. The van der Waals surface area contributed by atoms with E-state index in [-0.39, 0.29) is 23.3 Å². The van der Waals surface area contributed by atoms with Gasteiger partial charge in [-0.3, -0.25) is 14.5 Å². The van der Waals surface area contributed by atoms with Crippen molar-refractivity contribution in [3.05, 3.63) is 70.8 Å². The number of aryl methyl sites for hydroxylation is 1. The van der Waals surface area contributed by atoms with Crippen molar-refractivity contribution in [2.45, 2.75) is 40.2 Å². The molecule has 3 rings (SSSR count). The first-order valence-corrected chi connectivity index (χ1v) is 8.31. The summed E-state index contributed by atoms with van der Waals surface area (Å²) in [6.45, 7) is 8.43. The highest BCUT2D eigenvalue weighted by Gasteiger charge is 2.41. The van der Waals surface area contributed by atoms with Crippen molar-refractivity contribution < 1.29 is 9.59 Å². The molecule has 0 saturated heterocycles. The van der Waals surface area contributed by atoms with Gasteiger partial charge in [0.15, 0.2) is 0 Å². The number of fused-ring (bicyclic) bond motifs is 1. The molecule has 2 aromatic rings. The number of benzene rings is 2. The van der Waals surface area contributed by atoms with E-state index >= 15 is 0 Å². The van der Waals surface area contributed by atoms with Crippen molar-refractivity contribution in [1.29, 1.82) is 0 Å². The molecule has 3 heteroatoms. The fraction of sp³-hybridized carbons (Fsp3) is 0.333. The molecule has 0 aromatic heterocycles. The zero-order valence-corrected chi connectivity index (χ0v) is 14.7. The van der Waals surface area contributed by atoms with Crippen molar-refractivity contribution in [2.75, 3.05) is 0 Å². The molecule has 1 heterocycles. The van der Waals surface area contributed by atoms with Crippen LogP contribution in [0.4, 0.5) is 0 Å². The van der Waals surface area contributed by atoms with Gasteiger partial charge in [-0.2, -0.15) is 0 Å². The van der Waals surface area contributed by atoms with Crippen molar-refractivity contribution in [2.24, 2.45) is 5.41 Å². The topological polar surface area (TPSA) is 37.4 Å². The van der Waals surface area contributed by atoms with Crippen molar-refractivity contribution in [1.82, 2.24) is 4.90 Å². The fourth-order valence-electron chi connectivity index (χ4n) is 3.22. The molecule has 0 bridgehead atoms. The average molecular weight is 321 g/mol. The number of amides is 2. The van der Waals surface area contributed by atoms with Gasteiger partial charge in [-0.15, -0.1) is 0 Å². The Bertz CT molecular complexity index is 749. The second-order valence-corrected chi connectivity index (χ2v) is 7.72. The molecule has 2 amide bonds. The van der Waals surface area contributed by atoms with Crippen LogP contribution in [0.5, 0.6) is 0 Å². The van der Waals surface area contributed by atoms with Gasteiger partial charge in [0, 0.05) is 0 Å². The number of nitrogens with zero attached hydrogens (tertiary/aromatic N) is 1. The number of imide groups is 1. The van der Waals surface area contributed by atoms with Gasteiger partial charge in [0.2, 0.25) is 0 Å². The summed E-state index contributed by atoms with van der Waals surface area (Å²) in [6.07, 6.45) is 0.724. The smallest absolute Gasteiger partial charge is 0.262 e. The first-order valence-electron chi connectivity index (χ1n) is 8.31. The van der Waals surface area contributed by atoms with Gasteiger partial charge in [0.05, 0.1) is 17.2 Å². The average Bonchev–Trinajstić information content (AvgIpc) is 2.77. The summed E-state index contributed by atoms with van der Waals surface area (Å²) in [7, 11) is 0. The molecule has 1 unspecified atom stereocenters. The molecule has 124 valence electrons. The lowest BCUT2D eigenvalue weighted by atomic mass is 9.84. The highest BCUT2D eigenvalue weighted by molar-refractivity contribution is 6.21. The number of rotatable bonds is 3. The van der Waals surface area contributed by atoms with Gasteiger partial charge in [-0.25, -0.2) is 0 Å². The molecule has 0 saturated carbocycles. The first-order chi connectivity index (χ1) is 11.3. The van der Waals surface area contributed by atoms with E-state index < -0.39 is 0 Å². The molecule has 2 aromatic carbocycles. The lowest BCUT2D eigenvalue weighted by molar-refractivity contribution is 0.0543. The third-order valence-corrected chi connectivity index (χ3v) is 4.40. The molecule has 3 nitrogen and oxygen atoms in total. The molecule has 0 N–H and O–H groups in total. The maximum Gasteiger partial charge on any atom is 0.262 e. The van der Waals surface area contributed by atoms with Crippen LogP contribution in [0.25, 0.3) is 0 Å². The van der Waals surface area contributed by atoms with E-state index in [1.54, 1.807) is 24.3 Å². The Morgan fingerprint density at radius 2 is 1.38 bits per heavy atom. The first kappa shape index (κ1) is 16.4. The molecule has 0 aliphatic carbocycles. The maximum atomic E-state index is 12.9. The molecular weight excluding hydrogens is 298 g/mol. The van der Waals surface area contributed by atoms with Crippen LogP contribution in [0.3, 0.4) is 0 Å². The van der Waals surface area contributed by atoms with Gasteiger partial charge < -0.3 is 0 Å². The quantitative estimate of drug-likeness (QED) is 0.764. The number of hydrogen-bond donors (Lipinski definition) is 0. The lowest BCUT2D eigenvalue weighted by Gasteiger charge is -2.32. The predicted molar refractivity (Wildman–Crippen MR) is 94.9 cm³/mol. The predicted octanol–water partition coefficient (Wildman–Crippen LogP) is 4.77. The minimum atomic E-state index is -0.252. The lowest BCUT2D eigenvalue weighted by Crippen LogP contribution is -2.36. The number of hydrogen-bond acceptors (Lipinski definition) is 2. The van der Waals surface area contributed by atoms with Gasteiger partial charge in [-0.05, 0) is 36.5 Å². The standard InChI is InChI=1S/C21H23NO2/c1-14-9-11-15(12-10-14)18(13-21(2,3)4)22-19(23)16-7-5-6-8-17(16)20(22)24/h5-12,18H,13H2,1-4H3. The monoisotopic (exact) mass is 321 g/mol. The summed E-state index contributed by atoms with van der Waals surface area (Å²) in [5.41, 5.74) is 3.17. The Balaban J connectivity index is 2.05. The van der Waals surface area contributed by atoms with Crippen LogP contribution >= 0.6 is 0 Å². The van der Waals surface area contributed by atoms with Crippen LogP contribution in [0.1, 0.15) is 65.1 Å². The second kappa shape index (κ2) is 5.90. The molecule has 1 atom stereocenters. The van der Waals surface area contributed by atoms with E-state index in [0.29, 0.717) is 11.1 Å². The summed E-state index contributed by atoms with van der Waals surface area (Å²) < 4.78 is 0. The Morgan fingerprint density at radius 1 is 0.875 bits per heavy atom. The SMILES string of the molecule is Cc1ccc(C(CC(C)(C)C)N2C(=O)c3ccccc3C2=O)cc1. The summed E-state index contributed by atoms with van der Waals surface area (Å²) in [4.78, 5) is 27.2. The zero-order valence-electron chi connectivity index (χ0n) is 14.7. The highest BCUT2D eigenvalue weighted by Crippen LogP contribution is 2.38. The van der Waals surface area contributed by atoms with Crippen LogP contribution in [-0.4, -0.2) is 16.7 Å². The zero-order chi connectivity index (χ0) is 17.5. The van der Waals surface area contributed by atoms with E-state index in [2.05, 4.69) is 20.8 Å². The minimum absolute atomic E-state index is 0.00904. The van der Waals surface area contributed by atoms with Gasteiger partial charge in [0.1, 0.15) is 0 Å². The van der Waals surface area contributed by atoms with E-state index in [1.165, 1.54) is 4.90 Å². The fourth-order valence-corrected chi connectivity index (χ4v) is 3.22. The van der Waals surface area contributed by atoms with Crippen LogP contribution < -0.4 is 0 Å². The number of carbonyl (C=O) groups is 2. The van der Waals surface area contributed by atoms with E-state index in [9.17, 15) is 9.59 Å². The number of carbonyl (C=O) groups excluding carboxylic acids is 2. The van der Waals surface area contributed by atoms with E-state index in [1.807, 2.05) is 31.2 Å². The summed E-state index contributed by atoms with van der Waals surface area (Å²) in [5, 5.41) is 0. The summed E-state index contributed by atoms with van der Waals surface area (Å²) in [6, 6.07) is 14.9. The van der Waals surface area contributed by atoms with E-state index in [0.717, 1.165) is 17.5 Å².